The van der Waals surface area contributed by atoms with E-state index in [1.165, 1.54) is 11.8 Å². The first kappa shape index (κ1) is 14.6. The van der Waals surface area contributed by atoms with Gasteiger partial charge in [0.05, 0.1) is 5.57 Å². The molecule has 0 saturated heterocycles. The number of nitrogens with zero attached hydrogens (tertiary/aromatic N) is 2. The molecule has 0 bridgehead atoms. The van der Waals surface area contributed by atoms with Crippen LogP contribution in [0.4, 0.5) is 23.4 Å². The number of alkyl halides is 3. The van der Waals surface area contributed by atoms with Crippen molar-refractivity contribution in [2.24, 2.45) is 0 Å². The molecule has 1 aliphatic heterocycles. The normalized spacial score (nSPS) is 16.0. The molecule has 0 spiro atoms. The van der Waals surface area contributed by atoms with E-state index in [2.05, 4.69) is 4.98 Å². The molecule has 0 aliphatic carbocycles. The van der Waals surface area contributed by atoms with E-state index in [9.17, 15) is 22.7 Å². The van der Waals surface area contributed by atoms with Gasteiger partial charge >= 0.3 is 6.18 Å². The molecule has 0 unspecified atom stereocenters. The third-order valence-electron chi connectivity index (χ3n) is 2.76. The van der Waals surface area contributed by atoms with Crippen molar-refractivity contribution in [3.63, 3.8) is 0 Å². The van der Waals surface area contributed by atoms with Crippen LogP contribution in [0.5, 0.6) is 5.75 Å². The maximum absolute atomic E-state index is 13.7. The van der Waals surface area contributed by atoms with Crippen molar-refractivity contribution in [2.45, 2.75) is 13.1 Å². The summed E-state index contributed by atoms with van der Waals surface area (Å²) in [6.07, 6.45) is -2.53. The summed E-state index contributed by atoms with van der Waals surface area (Å²) in [5.74, 6) is -1.65. The average molecular weight is 309 g/mol. The lowest BCUT2D eigenvalue weighted by Crippen LogP contribution is -2.27. The van der Waals surface area contributed by atoms with Gasteiger partial charge in [-0.1, -0.05) is 11.6 Å². The summed E-state index contributed by atoms with van der Waals surface area (Å²) in [7, 11) is 0. The lowest BCUT2D eigenvalue weighted by molar-refractivity contribution is -0.0891. The van der Waals surface area contributed by atoms with Gasteiger partial charge in [-0.3, -0.25) is 0 Å². The molecule has 20 heavy (non-hydrogen) atoms. The third-order valence-corrected chi connectivity index (χ3v) is 3.04. The van der Waals surface area contributed by atoms with Gasteiger partial charge in [-0.05, 0) is 18.6 Å². The number of aromatic nitrogens is 1. The molecule has 2 rings (SSSR count). The zero-order chi connectivity index (χ0) is 15.1. The summed E-state index contributed by atoms with van der Waals surface area (Å²) in [4.78, 5) is 4.81. The molecule has 1 aromatic heterocycles. The second-order valence-corrected chi connectivity index (χ2v) is 4.60. The first-order chi connectivity index (χ1) is 9.20. The van der Waals surface area contributed by atoms with E-state index in [1.54, 1.807) is 0 Å². The van der Waals surface area contributed by atoms with E-state index in [4.69, 9.17) is 11.6 Å². The van der Waals surface area contributed by atoms with Gasteiger partial charge in [-0.2, -0.15) is 13.2 Å². The molecule has 0 aromatic carbocycles. The van der Waals surface area contributed by atoms with Gasteiger partial charge in [-0.15, -0.1) is 0 Å². The molecular formula is C12H9ClF4N2O. The minimum atomic E-state index is -4.45. The first-order valence-corrected chi connectivity index (χ1v) is 5.84. The molecule has 0 fully saturated rings. The summed E-state index contributed by atoms with van der Waals surface area (Å²) < 4.78 is 51.6. The Bertz CT molecular complexity index is 610. The van der Waals surface area contributed by atoms with Crippen LogP contribution in [0.2, 0.25) is 5.15 Å². The van der Waals surface area contributed by atoms with Crippen molar-refractivity contribution in [3.05, 3.63) is 40.5 Å². The molecule has 0 amide bonds. The molecule has 3 nitrogen and oxygen atoms in total. The van der Waals surface area contributed by atoms with Crippen LogP contribution >= 0.6 is 11.6 Å². The molecule has 0 saturated carbocycles. The molecule has 0 radical (unpaired) electrons. The van der Waals surface area contributed by atoms with Gasteiger partial charge in [0.1, 0.15) is 0 Å². The Balaban J connectivity index is 2.35. The molecule has 0 atom stereocenters. The van der Waals surface area contributed by atoms with Crippen molar-refractivity contribution in [3.8, 4) is 5.75 Å². The fourth-order valence-corrected chi connectivity index (χ4v) is 1.97. The van der Waals surface area contributed by atoms with E-state index in [0.717, 1.165) is 18.3 Å². The lowest BCUT2D eigenvalue weighted by atomic mass is 10.1. The van der Waals surface area contributed by atoms with Crippen molar-refractivity contribution in [1.29, 1.82) is 0 Å². The SMILES string of the molecule is CC1=C(C(F)(F)F)C=CN(c2nc(Cl)c(O)cc2F)C1. The quantitative estimate of drug-likeness (QED) is 0.633. The van der Waals surface area contributed by atoms with Gasteiger partial charge in [0, 0.05) is 18.8 Å². The molecule has 1 N–H and O–H groups in total. The predicted molar refractivity (Wildman–Crippen MR) is 66.1 cm³/mol. The summed E-state index contributed by atoms with van der Waals surface area (Å²) in [5.41, 5.74) is -0.732. The summed E-state index contributed by atoms with van der Waals surface area (Å²) in [6, 6.07) is 0.761. The zero-order valence-electron chi connectivity index (χ0n) is 10.2. The maximum Gasteiger partial charge on any atom is 0.416 e. The Labute approximate surface area is 116 Å². The number of hydrogen-bond donors (Lipinski definition) is 1. The zero-order valence-corrected chi connectivity index (χ0v) is 10.9. The van der Waals surface area contributed by atoms with E-state index >= 15 is 0 Å². The highest BCUT2D eigenvalue weighted by molar-refractivity contribution is 6.30. The highest BCUT2D eigenvalue weighted by Crippen LogP contribution is 2.34. The second-order valence-electron chi connectivity index (χ2n) is 4.24. The summed E-state index contributed by atoms with van der Waals surface area (Å²) >= 11 is 5.57. The smallest absolute Gasteiger partial charge is 0.416 e. The topological polar surface area (TPSA) is 36.4 Å². The van der Waals surface area contributed by atoms with Gasteiger partial charge < -0.3 is 10.0 Å². The molecule has 1 aromatic rings. The maximum atomic E-state index is 13.7. The number of anilines is 1. The standard InChI is InChI=1S/C12H9ClF4N2O/c1-6-5-19(3-2-7(6)12(15,16)17)11-8(14)4-9(20)10(13)18-11/h2-4,20H,5H2,1H3. The number of hydrogen-bond acceptors (Lipinski definition) is 3. The average Bonchev–Trinajstić information content (AvgIpc) is 2.32. The highest BCUT2D eigenvalue weighted by Gasteiger charge is 2.35. The van der Waals surface area contributed by atoms with E-state index in [1.807, 2.05) is 0 Å². The largest absolute Gasteiger partial charge is 0.505 e. The van der Waals surface area contributed by atoms with Crippen LogP contribution < -0.4 is 4.90 Å². The van der Waals surface area contributed by atoms with Crippen molar-refractivity contribution >= 4 is 17.4 Å². The number of aromatic hydroxyl groups is 1. The predicted octanol–water partition coefficient (Wildman–Crippen LogP) is 3.79. The molecular weight excluding hydrogens is 300 g/mol. The van der Waals surface area contributed by atoms with Crippen LogP contribution in [-0.2, 0) is 0 Å². The van der Waals surface area contributed by atoms with Crippen LogP contribution in [0.3, 0.4) is 0 Å². The molecule has 1 aliphatic rings. The number of allylic oxidation sites excluding steroid dienone is 2. The van der Waals surface area contributed by atoms with Crippen LogP contribution in [0, 0.1) is 5.82 Å². The van der Waals surface area contributed by atoms with E-state index in [0.29, 0.717) is 0 Å². The summed E-state index contributed by atoms with van der Waals surface area (Å²) in [6.45, 7) is 1.13. The lowest BCUT2D eigenvalue weighted by Gasteiger charge is -2.26. The molecule has 8 heteroatoms. The van der Waals surface area contributed by atoms with Gasteiger partial charge in [0.25, 0.3) is 0 Å². The Morgan fingerprint density at radius 1 is 1.40 bits per heavy atom. The van der Waals surface area contributed by atoms with Gasteiger partial charge in [0.15, 0.2) is 22.5 Å². The van der Waals surface area contributed by atoms with Gasteiger partial charge in [-0.25, -0.2) is 9.37 Å². The van der Waals surface area contributed by atoms with Crippen LogP contribution in [0.15, 0.2) is 29.5 Å². The minimum Gasteiger partial charge on any atom is -0.505 e. The minimum absolute atomic E-state index is 0.0328. The summed E-state index contributed by atoms with van der Waals surface area (Å²) in [5, 5.41) is 8.87. The fraction of sp³-hybridized carbons (Fsp3) is 0.250. The third kappa shape index (κ3) is 2.72. The number of pyridine rings is 1. The van der Waals surface area contributed by atoms with Crippen LogP contribution in [-0.4, -0.2) is 22.8 Å². The first-order valence-electron chi connectivity index (χ1n) is 5.47. The Morgan fingerprint density at radius 3 is 2.60 bits per heavy atom. The molecule has 108 valence electrons. The Hall–Kier alpha value is -1.76. The number of halogens is 5. The molecule has 2 heterocycles. The fourth-order valence-electron chi connectivity index (χ4n) is 1.83. The van der Waals surface area contributed by atoms with E-state index in [-0.39, 0.29) is 23.1 Å². The van der Waals surface area contributed by atoms with Crippen molar-refractivity contribution in [2.75, 3.05) is 11.4 Å². The Kier molecular flexibility index (Phi) is 3.64. The van der Waals surface area contributed by atoms with Crippen molar-refractivity contribution < 1.29 is 22.7 Å². The highest BCUT2D eigenvalue weighted by atomic mass is 35.5. The van der Waals surface area contributed by atoms with Gasteiger partial charge in [0.2, 0.25) is 0 Å². The Morgan fingerprint density at radius 2 is 2.05 bits per heavy atom. The van der Waals surface area contributed by atoms with Crippen LogP contribution in [0.1, 0.15) is 6.92 Å². The van der Waals surface area contributed by atoms with Crippen molar-refractivity contribution in [1.82, 2.24) is 4.98 Å². The monoisotopic (exact) mass is 308 g/mol. The van der Waals surface area contributed by atoms with Crippen LogP contribution in [0.25, 0.3) is 0 Å². The number of rotatable bonds is 1. The van der Waals surface area contributed by atoms with E-state index < -0.39 is 23.3 Å². The second kappa shape index (κ2) is 4.97.